The summed E-state index contributed by atoms with van der Waals surface area (Å²) in [5, 5.41) is 0. The Bertz CT molecular complexity index is 1250. The van der Waals surface area contributed by atoms with Gasteiger partial charge in [-0.15, -0.1) is 0 Å². The number of fused-ring (bicyclic) bond motifs is 2. The number of nitrogens with one attached hydrogen (secondary N) is 1. The smallest absolute Gasteiger partial charge is 0.135 e. The Kier molecular flexibility index (Phi) is 5.06. The van der Waals surface area contributed by atoms with Crippen LogP contribution in [0.15, 0.2) is 42.7 Å². The third kappa shape index (κ3) is 3.74. The number of aromatic amines is 1. The van der Waals surface area contributed by atoms with E-state index in [1.54, 1.807) is 6.33 Å². The highest BCUT2D eigenvalue weighted by molar-refractivity contribution is 5.82. The number of anilines is 1. The van der Waals surface area contributed by atoms with Crippen LogP contribution < -0.4 is 9.64 Å². The minimum absolute atomic E-state index is 0.637. The zero-order valence-electron chi connectivity index (χ0n) is 18.3. The molecule has 2 aromatic carbocycles. The van der Waals surface area contributed by atoms with E-state index >= 15 is 0 Å². The number of hydrogen-bond acceptors (Lipinski definition) is 5. The van der Waals surface area contributed by atoms with Gasteiger partial charge in [-0.25, -0.2) is 15.0 Å². The van der Waals surface area contributed by atoms with E-state index in [4.69, 9.17) is 4.74 Å². The van der Waals surface area contributed by atoms with E-state index in [1.807, 2.05) is 6.92 Å². The minimum atomic E-state index is 0.637. The van der Waals surface area contributed by atoms with Crippen LogP contribution in [0.4, 0.5) is 5.82 Å². The van der Waals surface area contributed by atoms with Gasteiger partial charge in [-0.05, 0) is 55.7 Å². The average molecular weight is 414 g/mol. The number of ether oxygens (including phenoxy) is 1. The van der Waals surface area contributed by atoms with E-state index in [1.165, 1.54) is 16.7 Å². The molecule has 2 aromatic heterocycles. The molecule has 1 aliphatic heterocycles. The Labute approximate surface area is 182 Å². The third-order valence-corrected chi connectivity index (χ3v) is 5.92. The zero-order chi connectivity index (χ0) is 21.4. The number of nitrogens with zero attached hydrogens (tertiary/aromatic N) is 4. The highest BCUT2D eigenvalue weighted by atomic mass is 16.5. The van der Waals surface area contributed by atoms with Gasteiger partial charge in [-0.2, -0.15) is 0 Å². The lowest BCUT2D eigenvalue weighted by Gasteiger charge is -2.23. The normalized spacial score (nSPS) is 13.7. The Morgan fingerprint density at radius 2 is 1.90 bits per heavy atom. The first kappa shape index (κ1) is 19.5. The molecule has 1 aliphatic rings. The van der Waals surface area contributed by atoms with Crippen LogP contribution in [0.25, 0.3) is 22.2 Å². The van der Waals surface area contributed by atoms with E-state index in [9.17, 15) is 0 Å². The van der Waals surface area contributed by atoms with E-state index in [0.29, 0.717) is 6.61 Å². The van der Waals surface area contributed by atoms with Crippen molar-refractivity contribution in [3.8, 4) is 16.9 Å². The van der Waals surface area contributed by atoms with Gasteiger partial charge in [0.1, 0.15) is 30.3 Å². The molecular weight excluding hydrogens is 386 g/mol. The summed E-state index contributed by atoms with van der Waals surface area (Å²) in [6.07, 6.45) is 3.74. The molecule has 1 N–H and O–H groups in total. The quantitative estimate of drug-likeness (QED) is 0.511. The van der Waals surface area contributed by atoms with Crippen molar-refractivity contribution in [3.63, 3.8) is 0 Å². The maximum atomic E-state index is 6.08. The van der Waals surface area contributed by atoms with Crippen molar-refractivity contribution in [1.29, 1.82) is 0 Å². The molecule has 0 aliphatic carbocycles. The lowest BCUT2D eigenvalue weighted by atomic mass is 10.0. The van der Waals surface area contributed by atoms with Crippen LogP contribution in [0.3, 0.4) is 0 Å². The Morgan fingerprint density at radius 3 is 2.77 bits per heavy atom. The van der Waals surface area contributed by atoms with Crippen LogP contribution in [-0.4, -0.2) is 33.1 Å². The largest absolute Gasteiger partial charge is 0.491 e. The van der Waals surface area contributed by atoms with Gasteiger partial charge in [0.15, 0.2) is 0 Å². The number of hydrogen-bond donors (Lipinski definition) is 1. The van der Waals surface area contributed by atoms with E-state index in [-0.39, 0.29) is 0 Å². The third-order valence-electron chi connectivity index (χ3n) is 5.92. The predicted molar refractivity (Wildman–Crippen MR) is 124 cm³/mol. The maximum Gasteiger partial charge on any atom is 0.135 e. The molecule has 0 fully saturated rings. The molecule has 0 saturated carbocycles. The SMILES string of the molecule is CCCc1ncnc(N2CCOc3ccc(-c4ccc5nc(C)[nH]c5c4)cc3C2)c1C. The minimum Gasteiger partial charge on any atom is -0.491 e. The lowest BCUT2D eigenvalue weighted by Crippen LogP contribution is -2.27. The van der Waals surface area contributed by atoms with Crippen LogP contribution >= 0.6 is 0 Å². The van der Waals surface area contributed by atoms with Crippen molar-refractivity contribution in [3.05, 3.63) is 65.4 Å². The second kappa shape index (κ2) is 8.02. The first-order chi connectivity index (χ1) is 15.1. The second-order valence-electron chi connectivity index (χ2n) is 8.17. The highest BCUT2D eigenvalue weighted by Gasteiger charge is 2.20. The molecule has 6 heteroatoms. The van der Waals surface area contributed by atoms with Gasteiger partial charge in [-0.3, -0.25) is 0 Å². The molecule has 0 saturated heterocycles. The summed E-state index contributed by atoms with van der Waals surface area (Å²) in [5.41, 5.74) is 7.86. The average Bonchev–Trinajstić information content (AvgIpc) is 3.01. The Hall–Kier alpha value is -3.41. The highest BCUT2D eigenvalue weighted by Crippen LogP contribution is 2.32. The second-order valence-corrected chi connectivity index (χ2v) is 8.17. The summed E-state index contributed by atoms with van der Waals surface area (Å²) in [4.78, 5) is 19.3. The Balaban J connectivity index is 1.49. The first-order valence-corrected chi connectivity index (χ1v) is 10.9. The molecule has 158 valence electrons. The standard InChI is InChI=1S/C25H27N5O/c1-4-5-21-16(2)25(27-15-26-21)30-10-11-31-24-9-7-18(12-20(24)14-30)19-6-8-22-23(13-19)29-17(3)28-22/h6-9,12-13,15H,4-5,10-11,14H2,1-3H3,(H,28,29). The molecule has 0 bridgehead atoms. The lowest BCUT2D eigenvalue weighted by molar-refractivity contribution is 0.331. The van der Waals surface area contributed by atoms with Crippen LogP contribution in [0, 0.1) is 13.8 Å². The van der Waals surface area contributed by atoms with Crippen molar-refractivity contribution >= 4 is 16.9 Å². The maximum absolute atomic E-state index is 6.08. The number of aryl methyl sites for hydroxylation is 2. The van der Waals surface area contributed by atoms with Gasteiger partial charge < -0.3 is 14.6 Å². The van der Waals surface area contributed by atoms with Crippen LogP contribution in [-0.2, 0) is 13.0 Å². The molecule has 0 atom stereocenters. The first-order valence-electron chi connectivity index (χ1n) is 10.9. The van der Waals surface area contributed by atoms with E-state index in [0.717, 1.165) is 65.6 Å². The van der Waals surface area contributed by atoms with Gasteiger partial charge in [0.05, 0.1) is 17.6 Å². The predicted octanol–water partition coefficient (Wildman–Crippen LogP) is 4.99. The fourth-order valence-corrected chi connectivity index (χ4v) is 4.36. The molecule has 0 unspecified atom stereocenters. The molecular formula is C25H27N5O. The molecule has 6 nitrogen and oxygen atoms in total. The van der Waals surface area contributed by atoms with Crippen molar-refractivity contribution < 1.29 is 4.74 Å². The molecule has 5 rings (SSSR count). The molecule has 3 heterocycles. The molecule has 4 aromatic rings. The zero-order valence-corrected chi connectivity index (χ0v) is 18.3. The van der Waals surface area contributed by atoms with Crippen LogP contribution in [0.1, 0.15) is 36.0 Å². The number of aromatic nitrogens is 4. The van der Waals surface area contributed by atoms with Gasteiger partial charge in [-0.1, -0.05) is 25.5 Å². The molecule has 0 radical (unpaired) electrons. The van der Waals surface area contributed by atoms with Gasteiger partial charge in [0, 0.05) is 23.4 Å². The van der Waals surface area contributed by atoms with Crippen molar-refractivity contribution in [2.24, 2.45) is 0 Å². The van der Waals surface area contributed by atoms with Crippen molar-refractivity contribution in [2.45, 2.75) is 40.2 Å². The van der Waals surface area contributed by atoms with Crippen LogP contribution in [0.5, 0.6) is 5.75 Å². The summed E-state index contributed by atoms with van der Waals surface area (Å²) in [5.74, 6) is 2.89. The molecule has 0 amide bonds. The van der Waals surface area contributed by atoms with E-state index < -0.39 is 0 Å². The van der Waals surface area contributed by atoms with Gasteiger partial charge in [0.2, 0.25) is 0 Å². The molecule has 31 heavy (non-hydrogen) atoms. The Morgan fingerprint density at radius 1 is 1.06 bits per heavy atom. The molecule has 0 spiro atoms. The number of H-pyrrole nitrogens is 1. The summed E-state index contributed by atoms with van der Waals surface area (Å²) in [6.45, 7) is 8.49. The van der Waals surface area contributed by atoms with Crippen molar-refractivity contribution in [1.82, 2.24) is 19.9 Å². The van der Waals surface area contributed by atoms with Gasteiger partial charge >= 0.3 is 0 Å². The van der Waals surface area contributed by atoms with Crippen LogP contribution in [0.2, 0.25) is 0 Å². The summed E-state index contributed by atoms with van der Waals surface area (Å²) in [6, 6.07) is 12.8. The fourth-order valence-electron chi connectivity index (χ4n) is 4.36. The fraction of sp³-hybridized carbons (Fsp3) is 0.320. The van der Waals surface area contributed by atoms with Gasteiger partial charge in [0.25, 0.3) is 0 Å². The number of rotatable bonds is 4. The number of imidazole rings is 1. The van der Waals surface area contributed by atoms with Crippen molar-refractivity contribution in [2.75, 3.05) is 18.1 Å². The number of benzene rings is 2. The monoisotopic (exact) mass is 413 g/mol. The summed E-state index contributed by atoms with van der Waals surface area (Å²) in [7, 11) is 0. The van der Waals surface area contributed by atoms with E-state index in [2.05, 4.69) is 75.1 Å². The summed E-state index contributed by atoms with van der Waals surface area (Å²) < 4.78 is 6.08. The topological polar surface area (TPSA) is 66.9 Å². The summed E-state index contributed by atoms with van der Waals surface area (Å²) >= 11 is 0.